The monoisotopic (exact) mass is 742 g/mol. The Morgan fingerprint density at radius 3 is 1.96 bits per heavy atom. The maximum atomic E-state index is 14.1. The molecule has 5 atom stereocenters. The molecule has 290 valence electrons. The number of rotatable bonds is 18. The minimum absolute atomic E-state index is 0.0292. The average Bonchev–Trinajstić information content (AvgIpc) is 3.61. The second kappa shape index (κ2) is 19.7. The summed E-state index contributed by atoms with van der Waals surface area (Å²) in [5, 5.41) is 29.0. The van der Waals surface area contributed by atoms with E-state index in [1.807, 2.05) is 91.0 Å². The standard InChI is InChI=1S/C41H54N6O7/c1-27(2)37(38(42)50)47(40(52)53-26-36-44-23-32(45-36)30-19-13-8-14-20-30)33(22-29-17-11-7-12-18-29)35(49)25-43-24-34(48)31(21-28-15-9-6-10-16-28)46-39(51)54-41(3,4)5/h6-20,23,27,31,33-35,37,43,48-49H,21-22,24-26H2,1-5H3,(H2,42,50)(H,44,45)(H,46,51)/t31-,33-,34?,35?,37+/m1/s1. The summed E-state index contributed by atoms with van der Waals surface area (Å²) < 4.78 is 11.2. The number of nitrogens with one attached hydrogen (secondary N) is 3. The number of aromatic amines is 1. The molecule has 3 aromatic carbocycles. The van der Waals surface area contributed by atoms with Crippen molar-refractivity contribution >= 4 is 18.1 Å². The van der Waals surface area contributed by atoms with Crippen LogP contribution >= 0.6 is 0 Å². The number of aromatic nitrogens is 2. The van der Waals surface area contributed by atoms with Gasteiger partial charge in [0.1, 0.15) is 17.5 Å². The number of hydrogen-bond acceptors (Lipinski definition) is 9. The van der Waals surface area contributed by atoms with Gasteiger partial charge in [-0.05, 0) is 56.2 Å². The molecule has 1 aromatic heterocycles. The van der Waals surface area contributed by atoms with Gasteiger partial charge in [-0.2, -0.15) is 0 Å². The Morgan fingerprint density at radius 2 is 1.41 bits per heavy atom. The first-order valence-electron chi connectivity index (χ1n) is 18.2. The second-order valence-electron chi connectivity index (χ2n) is 14.7. The van der Waals surface area contributed by atoms with Crippen LogP contribution < -0.4 is 16.4 Å². The molecule has 0 radical (unpaired) electrons. The van der Waals surface area contributed by atoms with Crippen LogP contribution in [0.4, 0.5) is 9.59 Å². The molecular formula is C41H54N6O7. The van der Waals surface area contributed by atoms with E-state index in [4.69, 9.17) is 15.2 Å². The number of primary amides is 1. The number of nitrogens with zero attached hydrogens (tertiary/aromatic N) is 2. The van der Waals surface area contributed by atoms with Gasteiger partial charge in [-0.3, -0.25) is 9.69 Å². The Hall–Kier alpha value is -5.24. The van der Waals surface area contributed by atoms with Crippen LogP contribution in [0.5, 0.6) is 0 Å². The van der Waals surface area contributed by atoms with Gasteiger partial charge in [-0.1, -0.05) is 105 Å². The van der Waals surface area contributed by atoms with Gasteiger partial charge in [0.05, 0.1) is 36.2 Å². The van der Waals surface area contributed by atoms with E-state index in [-0.39, 0.29) is 26.1 Å². The Morgan fingerprint density at radius 1 is 0.852 bits per heavy atom. The molecule has 13 heteroatoms. The number of imidazole rings is 1. The predicted octanol–water partition coefficient (Wildman–Crippen LogP) is 4.58. The lowest BCUT2D eigenvalue weighted by Gasteiger charge is -2.40. The quantitative estimate of drug-likeness (QED) is 0.0847. The van der Waals surface area contributed by atoms with Crippen molar-refractivity contribution in [2.45, 2.75) is 90.0 Å². The van der Waals surface area contributed by atoms with Crippen LogP contribution in [0.3, 0.4) is 0 Å². The van der Waals surface area contributed by atoms with Crippen molar-refractivity contribution in [1.82, 2.24) is 25.5 Å². The van der Waals surface area contributed by atoms with Crippen LogP contribution in [0.25, 0.3) is 11.3 Å². The third-order valence-electron chi connectivity index (χ3n) is 8.74. The highest BCUT2D eigenvalue weighted by Gasteiger charge is 2.40. The highest BCUT2D eigenvalue weighted by Crippen LogP contribution is 2.23. The number of alkyl carbamates (subject to hydrolysis) is 1. The van der Waals surface area contributed by atoms with Gasteiger partial charge in [-0.15, -0.1) is 0 Å². The number of benzene rings is 3. The molecule has 2 unspecified atom stereocenters. The van der Waals surface area contributed by atoms with Gasteiger partial charge in [0, 0.05) is 13.1 Å². The molecule has 3 amide bonds. The van der Waals surface area contributed by atoms with E-state index in [1.165, 1.54) is 4.90 Å². The van der Waals surface area contributed by atoms with Gasteiger partial charge in [0.2, 0.25) is 5.91 Å². The molecule has 1 heterocycles. The SMILES string of the molecule is CC(C)[C@@H](C(N)=O)N(C(=O)OCc1ncc(-c2ccccc2)[nH]1)[C@H](Cc1ccccc1)C(O)CNCC(O)[C@@H](Cc1ccccc1)NC(=O)OC(C)(C)C. The normalized spacial score (nSPS) is 14.4. The van der Waals surface area contributed by atoms with Gasteiger partial charge >= 0.3 is 12.2 Å². The Bertz CT molecular complexity index is 1750. The van der Waals surface area contributed by atoms with Gasteiger partial charge in [-0.25, -0.2) is 14.6 Å². The highest BCUT2D eigenvalue weighted by molar-refractivity contribution is 5.85. The molecule has 13 nitrogen and oxygen atoms in total. The van der Waals surface area contributed by atoms with Crippen molar-refractivity contribution in [2.24, 2.45) is 11.7 Å². The number of amides is 3. The summed E-state index contributed by atoms with van der Waals surface area (Å²) in [7, 11) is 0. The Labute approximate surface area is 317 Å². The van der Waals surface area contributed by atoms with Crippen LogP contribution in [-0.2, 0) is 33.7 Å². The van der Waals surface area contributed by atoms with E-state index in [0.29, 0.717) is 12.2 Å². The van der Waals surface area contributed by atoms with Crippen molar-refractivity contribution < 1.29 is 34.1 Å². The molecule has 4 rings (SSSR count). The summed E-state index contributed by atoms with van der Waals surface area (Å²) in [5.74, 6) is -0.790. The summed E-state index contributed by atoms with van der Waals surface area (Å²) in [5.41, 5.74) is 8.53. The first-order valence-corrected chi connectivity index (χ1v) is 18.2. The number of carbonyl (C=O) groups is 3. The number of ether oxygens (including phenoxy) is 2. The molecule has 0 saturated heterocycles. The second-order valence-corrected chi connectivity index (χ2v) is 14.7. The minimum atomic E-state index is -1.26. The molecule has 4 aromatic rings. The van der Waals surface area contributed by atoms with E-state index in [9.17, 15) is 24.6 Å². The first kappa shape index (κ1) is 41.5. The fourth-order valence-corrected chi connectivity index (χ4v) is 6.19. The molecule has 0 fully saturated rings. The van der Waals surface area contributed by atoms with Gasteiger partial charge in [0.15, 0.2) is 6.61 Å². The van der Waals surface area contributed by atoms with Gasteiger partial charge in [0.25, 0.3) is 0 Å². The van der Waals surface area contributed by atoms with E-state index in [0.717, 1.165) is 22.4 Å². The zero-order valence-corrected chi connectivity index (χ0v) is 31.6. The van der Waals surface area contributed by atoms with Crippen LogP contribution in [0.2, 0.25) is 0 Å². The molecule has 0 saturated carbocycles. The number of hydrogen-bond donors (Lipinski definition) is 6. The van der Waals surface area contributed by atoms with Crippen LogP contribution in [0.15, 0.2) is 97.2 Å². The number of aliphatic hydroxyl groups is 2. The third-order valence-corrected chi connectivity index (χ3v) is 8.74. The third kappa shape index (κ3) is 12.7. The van der Waals surface area contributed by atoms with Crippen molar-refractivity contribution in [3.05, 3.63) is 114 Å². The topological polar surface area (TPSA) is 192 Å². The highest BCUT2D eigenvalue weighted by atomic mass is 16.6. The van der Waals surface area contributed by atoms with Crippen LogP contribution in [0.1, 0.15) is 51.6 Å². The lowest BCUT2D eigenvalue weighted by molar-refractivity contribution is -0.126. The maximum Gasteiger partial charge on any atom is 0.411 e. The molecule has 0 spiro atoms. The van der Waals surface area contributed by atoms with E-state index < -0.39 is 59.9 Å². The first-order chi connectivity index (χ1) is 25.7. The van der Waals surface area contributed by atoms with Crippen LogP contribution in [0, 0.1) is 5.92 Å². The zero-order valence-electron chi connectivity index (χ0n) is 31.6. The van der Waals surface area contributed by atoms with Crippen molar-refractivity contribution in [3.63, 3.8) is 0 Å². The van der Waals surface area contributed by atoms with E-state index in [2.05, 4.69) is 20.6 Å². The van der Waals surface area contributed by atoms with Gasteiger partial charge < -0.3 is 41.0 Å². The summed E-state index contributed by atoms with van der Waals surface area (Å²) >= 11 is 0. The molecular weight excluding hydrogens is 688 g/mol. The summed E-state index contributed by atoms with van der Waals surface area (Å²) in [4.78, 5) is 48.5. The fourth-order valence-electron chi connectivity index (χ4n) is 6.19. The average molecular weight is 743 g/mol. The lowest BCUT2D eigenvalue weighted by atomic mass is 9.94. The molecule has 0 aliphatic heterocycles. The molecule has 54 heavy (non-hydrogen) atoms. The molecule has 0 bridgehead atoms. The number of aliphatic hydroxyl groups excluding tert-OH is 2. The maximum absolute atomic E-state index is 14.1. The molecule has 0 aliphatic carbocycles. The predicted molar refractivity (Wildman–Crippen MR) is 206 cm³/mol. The fraction of sp³-hybridized carbons (Fsp3) is 0.415. The van der Waals surface area contributed by atoms with E-state index >= 15 is 0 Å². The van der Waals surface area contributed by atoms with Crippen LogP contribution in [-0.4, -0.2) is 92.2 Å². The molecule has 7 N–H and O–H groups in total. The van der Waals surface area contributed by atoms with Crippen molar-refractivity contribution in [1.29, 1.82) is 0 Å². The zero-order chi connectivity index (χ0) is 39.3. The Kier molecular flexibility index (Phi) is 15.2. The summed E-state index contributed by atoms with van der Waals surface area (Å²) in [6.45, 7) is 8.44. The number of nitrogens with two attached hydrogens (primary N) is 1. The smallest absolute Gasteiger partial charge is 0.411 e. The van der Waals surface area contributed by atoms with Crippen molar-refractivity contribution in [3.8, 4) is 11.3 Å². The number of H-pyrrole nitrogens is 1. The number of carbonyl (C=O) groups excluding carboxylic acids is 3. The molecule has 0 aliphatic rings. The van der Waals surface area contributed by atoms with Crippen molar-refractivity contribution in [2.75, 3.05) is 13.1 Å². The Balaban J connectivity index is 1.54. The summed E-state index contributed by atoms with van der Waals surface area (Å²) in [6.07, 6.45) is -1.75. The minimum Gasteiger partial charge on any atom is -0.444 e. The summed E-state index contributed by atoms with van der Waals surface area (Å²) in [6, 6.07) is 25.4. The lowest BCUT2D eigenvalue weighted by Crippen LogP contribution is -2.60. The van der Waals surface area contributed by atoms with E-state index in [1.54, 1.807) is 40.8 Å². The largest absolute Gasteiger partial charge is 0.444 e.